The molecule has 0 atom stereocenters. The first-order valence-corrected chi connectivity index (χ1v) is 6.83. The Kier molecular flexibility index (Phi) is 5.08. The van der Waals surface area contributed by atoms with Crippen molar-refractivity contribution in [2.24, 2.45) is 0 Å². The molecule has 0 aliphatic heterocycles. The first kappa shape index (κ1) is 14.2. The third-order valence-electron chi connectivity index (χ3n) is 2.87. The highest BCUT2D eigenvalue weighted by Crippen LogP contribution is 2.26. The van der Waals surface area contributed by atoms with Gasteiger partial charge in [-0.1, -0.05) is 47.5 Å². The van der Waals surface area contributed by atoms with Crippen LogP contribution < -0.4 is 5.32 Å². The molecular weight excluding hydrogens is 281 g/mol. The molecule has 0 saturated heterocycles. The van der Waals surface area contributed by atoms with Crippen LogP contribution in [0.15, 0.2) is 42.5 Å². The minimum absolute atomic E-state index is 0.172. The third kappa shape index (κ3) is 3.87. The molecule has 0 bridgehead atoms. The van der Waals surface area contributed by atoms with Gasteiger partial charge in [-0.05, 0) is 35.7 Å². The minimum atomic E-state index is 0.172. The van der Waals surface area contributed by atoms with Crippen LogP contribution in [0.5, 0.6) is 0 Å². The molecule has 0 aromatic heterocycles. The smallest absolute Gasteiger partial charge is 0.0642 e. The first-order valence-electron chi connectivity index (χ1n) is 6.07. The Hall–Kier alpha value is -1.22. The Morgan fingerprint density at radius 2 is 1.74 bits per heavy atom. The molecule has 0 spiro atoms. The Morgan fingerprint density at radius 1 is 1.00 bits per heavy atom. The van der Waals surface area contributed by atoms with Crippen molar-refractivity contribution in [3.05, 3.63) is 63.6 Å². The number of halogens is 2. The van der Waals surface area contributed by atoms with Gasteiger partial charge in [0, 0.05) is 18.8 Å². The summed E-state index contributed by atoms with van der Waals surface area (Å²) in [6.07, 6.45) is 0.681. The second-order valence-electron chi connectivity index (χ2n) is 4.24. The van der Waals surface area contributed by atoms with Crippen LogP contribution in [-0.4, -0.2) is 11.7 Å². The van der Waals surface area contributed by atoms with Crippen LogP contribution >= 0.6 is 23.2 Å². The van der Waals surface area contributed by atoms with E-state index >= 15 is 0 Å². The van der Waals surface area contributed by atoms with E-state index < -0.39 is 0 Å². The molecule has 100 valence electrons. The molecular formula is C15H15Cl2NO. The van der Waals surface area contributed by atoms with Gasteiger partial charge in [-0.3, -0.25) is 0 Å². The molecule has 19 heavy (non-hydrogen) atoms. The molecule has 2 rings (SSSR count). The second kappa shape index (κ2) is 6.80. The molecule has 2 nitrogen and oxygen atoms in total. The molecule has 2 aromatic rings. The Morgan fingerprint density at radius 3 is 2.42 bits per heavy atom. The lowest BCUT2D eigenvalue weighted by molar-refractivity contribution is 0.299. The third-order valence-corrected chi connectivity index (χ3v) is 3.73. The number of rotatable bonds is 5. The van der Waals surface area contributed by atoms with Crippen molar-refractivity contribution in [3.8, 4) is 0 Å². The predicted molar refractivity (Wildman–Crippen MR) is 81.0 cm³/mol. The fraction of sp³-hybridized carbons (Fsp3) is 0.200. The van der Waals surface area contributed by atoms with E-state index in [2.05, 4.69) is 5.32 Å². The van der Waals surface area contributed by atoms with E-state index in [1.54, 1.807) is 6.07 Å². The van der Waals surface area contributed by atoms with E-state index in [9.17, 15) is 0 Å². The summed E-state index contributed by atoms with van der Waals surface area (Å²) in [5, 5.41) is 13.3. The Balaban J connectivity index is 2.00. The van der Waals surface area contributed by atoms with Gasteiger partial charge in [-0.2, -0.15) is 0 Å². The SMILES string of the molecule is OCCc1ccc(NCc2cccc(Cl)c2Cl)cc1. The zero-order valence-corrected chi connectivity index (χ0v) is 11.9. The monoisotopic (exact) mass is 295 g/mol. The van der Waals surface area contributed by atoms with Crippen LogP contribution in [0.4, 0.5) is 5.69 Å². The highest BCUT2D eigenvalue weighted by molar-refractivity contribution is 6.42. The van der Waals surface area contributed by atoms with Crippen LogP contribution in [0.2, 0.25) is 10.0 Å². The van der Waals surface area contributed by atoms with Crippen LogP contribution in [0.3, 0.4) is 0 Å². The lowest BCUT2D eigenvalue weighted by Gasteiger charge is -2.09. The maximum Gasteiger partial charge on any atom is 0.0642 e. The Labute approximate surface area is 123 Å². The first-order chi connectivity index (χ1) is 9.20. The number of aliphatic hydroxyl groups is 1. The van der Waals surface area contributed by atoms with Gasteiger partial charge in [0.2, 0.25) is 0 Å². The largest absolute Gasteiger partial charge is 0.396 e. The van der Waals surface area contributed by atoms with Crippen molar-refractivity contribution in [1.82, 2.24) is 0 Å². The van der Waals surface area contributed by atoms with Crippen molar-refractivity contribution < 1.29 is 5.11 Å². The van der Waals surface area contributed by atoms with Crippen molar-refractivity contribution >= 4 is 28.9 Å². The molecule has 0 unspecified atom stereocenters. The number of hydrogen-bond acceptors (Lipinski definition) is 2. The summed E-state index contributed by atoms with van der Waals surface area (Å²) in [5.74, 6) is 0. The summed E-state index contributed by atoms with van der Waals surface area (Å²) in [6.45, 7) is 0.795. The maximum absolute atomic E-state index is 8.85. The van der Waals surface area contributed by atoms with Gasteiger partial charge in [-0.25, -0.2) is 0 Å². The zero-order chi connectivity index (χ0) is 13.7. The average molecular weight is 296 g/mol. The van der Waals surface area contributed by atoms with Crippen molar-refractivity contribution in [3.63, 3.8) is 0 Å². The maximum atomic E-state index is 8.85. The summed E-state index contributed by atoms with van der Waals surface area (Å²) >= 11 is 12.1. The van der Waals surface area contributed by atoms with E-state index in [1.807, 2.05) is 36.4 Å². The number of nitrogens with one attached hydrogen (secondary N) is 1. The lowest BCUT2D eigenvalue weighted by Crippen LogP contribution is -2.00. The van der Waals surface area contributed by atoms with Crippen LogP contribution in [0.25, 0.3) is 0 Å². The molecule has 0 saturated carbocycles. The van der Waals surface area contributed by atoms with Crippen molar-refractivity contribution in [2.75, 3.05) is 11.9 Å². The number of anilines is 1. The molecule has 0 fully saturated rings. The molecule has 0 amide bonds. The quantitative estimate of drug-likeness (QED) is 0.869. The highest BCUT2D eigenvalue weighted by atomic mass is 35.5. The molecule has 0 radical (unpaired) electrons. The van der Waals surface area contributed by atoms with Crippen molar-refractivity contribution in [2.45, 2.75) is 13.0 Å². The predicted octanol–water partition coefficient (Wildman–Crippen LogP) is 4.14. The number of aliphatic hydroxyl groups excluding tert-OH is 1. The Bertz CT molecular complexity index is 540. The van der Waals surface area contributed by atoms with E-state index in [0.29, 0.717) is 23.0 Å². The fourth-order valence-corrected chi connectivity index (χ4v) is 2.19. The second-order valence-corrected chi connectivity index (χ2v) is 5.02. The minimum Gasteiger partial charge on any atom is -0.396 e. The van der Waals surface area contributed by atoms with Crippen LogP contribution in [0.1, 0.15) is 11.1 Å². The number of hydrogen-bond donors (Lipinski definition) is 2. The standard InChI is InChI=1S/C15H15Cl2NO/c16-14-3-1-2-12(15(14)17)10-18-13-6-4-11(5-7-13)8-9-19/h1-7,18-19H,8-10H2. The molecule has 2 N–H and O–H groups in total. The normalized spacial score (nSPS) is 10.5. The van der Waals surface area contributed by atoms with Gasteiger partial charge in [0.05, 0.1) is 10.0 Å². The summed E-state index contributed by atoms with van der Waals surface area (Å²) in [7, 11) is 0. The summed E-state index contributed by atoms with van der Waals surface area (Å²) in [5.41, 5.74) is 3.10. The zero-order valence-electron chi connectivity index (χ0n) is 10.4. The van der Waals surface area contributed by atoms with E-state index in [4.69, 9.17) is 28.3 Å². The van der Waals surface area contributed by atoms with Gasteiger partial charge in [0.25, 0.3) is 0 Å². The van der Waals surface area contributed by atoms with E-state index in [1.165, 1.54) is 0 Å². The van der Waals surface area contributed by atoms with Gasteiger partial charge in [0.1, 0.15) is 0 Å². The molecule has 0 aliphatic carbocycles. The van der Waals surface area contributed by atoms with Gasteiger partial charge < -0.3 is 10.4 Å². The number of benzene rings is 2. The van der Waals surface area contributed by atoms with Gasteiger partial charge >= 0.3 is 0 Å². The molecule has 2 aromatic carbocycles. The van der Waals surface area contributed by atoms with Crippen LogP contribution in [0, 0.1) is 0 Å². The molecule has 0 aliphatic rings. The lowest BCUT2D eigenvalue weighted by atomic mass is 10.1. The molecule has 4 heteroatoms. The highest BCUT2D eigenvalue weighted by Gasteiger charge is 2.03. The van der Waals surface area contributed by atoms with E-state index in [0.717, 1.165) is 16.8 Å². The van der Waals surface area contributed by atoms with Gasteiger partial charge in [-0.15, -0.1) is 0 Å². The van der Waals surface area contributed by atoms with Crippen molar-refractivity contribution in [1.29, 1.82) is 0 Å². The van der Waals surface area contributed by atoms with Crippen LogP contribution in [-0.2, 0) is 13.0 Å². The average Bonchev–Trinajstić information content (AvgIpc) is 2.42. The summed E-state index contributed by atoms with van der Waals surface area (Å²) in [4.78, 5) is 0. The molecule has 0 heterocycles. The summed E-state index contributed by atoms with van der Waals surface area (Å²) in [6, 6.07) is 13.6. The fourth-order valence-electron chi connectivity index (χ4n) is 1.80. The topological polar surface area (TPSA) is 32.3 Å². The summed E-state index contributed by atoms with van der Waals surface area (Å²) < 4.78 is 0. The van der Waals surface area contributed by atoms with E-state index in [-0.39, 0.29) is 6.61 Å². The van der Waals surface area contributed by atoms with Gasteiger partial charge in [0.15, 0.2) is 0 Å².